The topological polar surface area (TPSA) is 296 Å². The Hall–Kier alpha value is -9.54. The fourth-order valence-corrected chi connectivity index (χ4v) is 9.51. The van der Waals surface area contributed by atoms with Gasteiger partial charge in [-0.05, 0) is 108 Å². The summed E-state index contributed by atoms with van der Waals surface area (Å²) in [5, 5.41) is 49.5. The number of hydrogen-bond donors (Lipinski definition) is 9. The molecule has 0 spiro atoms. The highest BCUT2D eigenvalue weighted by molar-refractivity contribution is 7.12. The van der Waals surface area contributed by atoms with E-state index < -0.39 is 41.7 Å². The van der Waals surface area contributed by atoms with Crippen molar-refractivity contribution in [3.63, 3.8) is 0 Å². The van der Waals surface area contributed by atoms with E-state index in [0.717, 1.165) is 33.4 Å². The van der Waals surface area contributed by atoms with Crippen molar-refractivity contribution in [1.82, 2.24) is 41.2 Å². The van der Waals surface area contributed by atoms with Crippen molar-refractivity contribution in [2.24, 2.45) is 0 Å². The van der Waals surface area contributed by atoms with Crippen LogP contribution in [0.1, 0.15) is 74.0 Å². The van der Waals surface area contributed by atoms with Crippen molar-refractivity contribution in [2.75, 3.05) is 30.8 Å². The van der Waals surface area contributed by atoms with E-state index in [2.05, 4.69) is 51.8 Å². The first-order valence-corrected chi connectivity index (χ1v) is 26.2. The third-order valence-electron chi connectivity index (χ3n) is 12.0. The number of anilines is 2. The van der Waals surface area contributed by atoms with Gasteiger partial charge in [0.2, 0.25) is 11.9 Å². The lowest BCUT2D eigenvalue weighted by atomic mass is 9.99. The van der Waals surface area contributed by atoms with Crippen molar-refractivity contribution < 1.29 is 48.8 Å². The van der Waals surface area contributed by atoms with Crippen LogP contribution >= 0.6 is 22.7 Å². The van der Waals surface area contributed by atoms with Crippen LogP contribution < -0.4 is 31.9 Å². The number of nitrogens with one attached hydrogen (secondary N) is 6. The number of carbonyl (C=O) groups is 6. The molecule has 4 amide bonds. The smallest absolute Gasteiger partial charge is 0.330 e. The number of rotatable bonds is 20. The second kappa shape index (κ2) is 27.0. The fourth-order valence-electron chi connectivity index (χ4n) is 8.23. The summed E-state index contributed by atoms with van der Waals surface area (Å²) in [6.07, 6.45) is 0. The van der Waals surface area contributed by atoms with Gasteiger partial charge in [-0.3, -0.25) is 19.2 Å². The minimum atomic E-state index is -1.34. The van der Waals surface area contributed by atoms with E-state index in [0.29, 0.717) is 57.5 Å². The Balaban J connectivity index is 0.000000229. The third kappa shape index (κ3) is 15.3. The van der Waals surface area contributed by atoms with Gasteiger partial charge in [-0.1, -0.05) is 84.9 Å². The fraction of sp³-hybridized carbons (Fsp3) is 0.193. The maximum Gasteiger partial charge on any atom is 0.330 e. The maximum atomic E-state index is 13.2. The zero-order valence-electron chi connectivity index (χ0n) is 43.5. The predicted molar refractivity (Wildman–Crippen MR) is 300 cm³/mol. The van der Waals surface area contributed by atoms with E-state index in [4.69, 9.17) is 4.74 Å². The van der Waals surface area contributed by atoms with Gasteiger partial charge in [0.25, 0.3) is 23.6 Å². The van der Waals surface area contributed by atoms with Gasteiger partial charge in [0, 0.05) is 26.2 Å². The Kier molecular flexibility index (Phi) is 19.5. The number of benzene rings is 4. The Morgan fingerprint density at radius 1 is 0.519 bits per heavy atom. The standard InChI is InChI=1S/C29H29N5O5S.C28H27N5O5S/c1-17-25(27(37)34-23(28(38)39-3)16-30-26(36)24-12-7-13-40-24)18(2)33-29(32-17)31-15-20-8-4-5-11-22(20)19-9-6-10-21(35)14-19;1-16-24(26(36)33-22(27(37)38)15-29-25(35)23-11-6-12-39-23)17(2)32-28(31-16)30-14-19-7-3-4-10-21(19)18-8-5-9-20(34)13-18/h4-14,23,35H,15-16H2,1-3H3,(H,30,36)(H,34,37)(H,31,32,33);3-13,22,34H,14-15H2,1-2H3,(H,29,35)(H,33,36)(H,37,38)(H,30,31,32)/t23-;22-/m00/s1. The third-order valence-corrected chi connectivity index (χ3v) is 13.8. The molecule has 4 heterocycles. The van der Waals surface area contributed by atoms with Gasteiger partial charge in [0.05, 0.1) is 50.8 Å². The lowest BCUT2D eigenvalue weighted by Crippen LogP contribution is -2.49. The molecule has 20 nitrogen and oxygen atoms in total. The number of carboxylic acids is 1. The van der Waals surface area contributed by atoms with Crippen LogP contribution in [-0.4, -0.2) is 103 Å². The first-order chi connectivity index (χ1) is 38.0. The monoisotopic (exact) mass is 1100 g/mol. The number of carboxylic acid groups (broad SMARTS) is 1. The highest BCUT2D eigenvalue weighted by Crippen LogP contribution is 2.29. The van der Waals surface area contributed by atoms with Gasteiger partial charge in [-0.25, -0.2) is 29.5 Å². The molecule has 406 valence electrons. The highest BCUT2D eigenvalue weighted by atomic mass is 32.1. The molecule has 8 aromatic rings. The minimum absolute atomic E-state index is 0.146. The van der Waals surface area contributed by atoms with Gasteiger partial charge in [-0.2, -0.15) is 0 Å². The highest BCUT2D eigenvalue weighted by Gasteiger charge is 2.27. The molecule has 0 saturated heterocycles. The number of phenolic OH excluding ortho intramolecular Hbond substituents is 2. The quantitative estimate of drug-likeness (QED) is 0.0332. The number of nitrogens with zero attached hydrogens (tertiary/aromatic N) is 4. The van der Waals surface area contributed by atoms with Gasteiger partial charge in [0.15, 0.2) is 0 Å². The van der Waals surface area contributed by atoms with E-state index in [1.165, 1.54) is 29.8 Å². The molecule has 2 atom stereocenters. The van der Waals surface area contributed by atoms with E-state index in [1.807, 2.05) is 60.7 Å². The molecule has 0 fully saturated rings. The number of thiophene rings is 2. The number of carbonyl (C=O) groups excluding carboxylic acids is 5. The van der Waals surface area contributed by atoms with Crippen LogP contribution in [-0.2, 0) is 27.4 Å². The van der Waals surface area contributed by atoms with Crippen LogP contribution in [0.15, 0.2) is 132 Å². The second-order valence-corrected chi connectivity index (χ2v) is 19.5. The summed E-state index contributed by atoms with van der Waals surface area (Å²) >= 11 is 2.50. The normalized spacial score (nSPS) is 11.4. The summed E-state index contributed by atoms with van der Waals surface area (Å²) in [5.41, 5.74) is 7.53. The minimum Gasteiger partial charge on any atom is -0.508 e. The summed E-state index contributed by atoms with van der Waals surface area (Å²) in [6.45, 7) is 7.02. The Labute approximate surface area is 462 Å². The Bertz CT molecular complexity index is 3440. The summed E-state index contributed by atoms with van der Waals surface area (Å²) < 4.78 is 4.82. The summed E-state index contributed by atoms with van der Waals surface area (Å²) in [6, 6.07) is 33.9. The predicted octanol–water partition coefficient (Wildman–Crippen LogP) is 7.59. The van der Waals surface area contributed by atoms with Crippen molar-refractivity contribution in [3.8, 4) is 33.8 Å². The SMILES string of the molecule is COC(=O)[C@H](CNC(=O)c1cccs1)NC(=O)c1c(C)nc(NCc2ccccc2-c2cccc(O)c2)nc1C.Cc1nc(NCc2ccccc2-c2cccc(O)c2)nc(C)c1C(=O)N[C@@H](CNC(=O)c1cccs1)C(=O)O. The molecule has 79 heavy (non-hydrogen) atoms. The average molecular weight is 1110 g/mol. The van der Waals surface area contributed by atoms with E-state index in [-0.39, 0.29) is 41.6 Å². The van der Waals surface area contributed by atoms with Crippen LogP contribution in [0, 0.1) is 27.7 Å². The molecule has 0 radical (unpaired) electrons. The average Bonchev–Trinajstić information content (AvgIpc) is 4.20. The molecule has 0 saturated carbocycles. The molecule has 0 bridgehead atoms. The Morgan fingerprint density at radius 2 is 0.924 bits per heavy atom. The number of aliphatic carboxylic acids is 1. The number of aryl methyl sites for hydroxylation is 4. The lowest BCUT2D eigenvalue weighted by molar-refractivity contribution is -0.142. The van der Waals surface area contributed by atoms with Gasteiger partial charge >= 0.3 is 11.9 Å². The number of amides is 4. The molecule has 4 aromatic heterocycles. The molecule has 8 rings (SSSR count). The van der Waals surface area contributed by atoms with Crippen LogP contribution in [0.25, 0.3) is 22.3 Å². The summed E-state index contributed by atoms with van der Waals surface area (Å²) in [5.74, 6) is -2.95. The number of esters is 1. The van der Waals surface area contributed by atoms with Gasteiger partial charge in [0.1, 0.15) is 23.6 Å². The van der Waals surface area contributed by atoms with E-state index in [1.54, 1.807) is 99.1 Å². The molecule has 9 N–H and O–H groups in total. The lowest BCUT2D eigenvalue weighted by Gasteiger charge is -2.18. The number of phenols is 2. The molecule has 0 unspecified atom stereocenters. The summed E-state index contributed by atoms with van der Waals surface area (Å²) in [7, 11) is 1.21. The van der Waals surface area contributed by atoms with Crippen LogP contribution in [0.2, 0.25) is 0 Å². The first-order valence-electron chi connectivity index (χ1n) is 24.5. The largest absolute Gasteiger partial charge is 0.508 e. The number of hydrogen-bond acceptors (Lipinski definition) is 17. The first kappa shape index (κ1) is 57.2. The molecule has 4 aromatic carbocycles. The van der Waals surface area contributed by atoms with Crippen molar-refractivity contribution in [1.29, 1.82) is 0 Å². The van der Waals surface area contributed by atoms with Crippen LogP contribution in [0.5, 0.6) is 11.5 Å². The zero-order valence-corrected chi connectivity index (χ0v) is 45.1. The van der Waals surface area contributed by atoms with E-state index >= 15 is 0 Å². The second-order valence-electron chi connectivity index (χ2n) is 17.6. The number of ether oxygens (including phenoxy) is 1. The number of aromatic hydroxyl groups is 2. The van der Waals surface area contributed by atoms with Crippen LogP contribution in [0.4, 0.5) is 11.9 Å². The number of methoxy groups -OCH3 is 1. The maximum absolute atomic E-state index is 13.2. The Morgan fingerprint density at radius 3 is 1.30 bits per heavy atom. The molecule has 0 aliphatic rings. The number of aromatic nitrogens is 4. The molecular weight excluding hydrogens is 1050 g/mol. The van der Waals surface area contributed by atoms with E-state index in [9.17, 15) is 44.1 Å². The summed E-state index contributed by atoms with van der Waals surface area (Å²) in [4.78, 5) is 93.4. The van der Waals surface area contributed by atoms with Crippen molar-refractivity contribution in [3.05, 3.63) is 187 Å². The van der Waals surface area contributed by atoms with Gasteiger partial charge in [-0.15, -0.1) is 22.7 Å². The zero-order chi connectivity index (χ0) is 56.6. The van der Waals surface area contributed by atoms with Crippen molar-refractivity contribution in [2.45, 2.75) is 52.9 Å². The molecule has 0 aliphatic heterocycles. The van der Waals surface area contributed by atoms with Crippen molar-refractivity contribution >= 4 is 70.1 Å². The van der Waals surface area contributed by atoms with Crippen LogP contribution in [0.3, 0.4) is 0 Å². The van der Waals surface area contributed by atoms with Gasteiger partial charge < -0.3 is 52.0 Å². The molecule has 0 aliphatic carbocycles. The molecular formula is C57H56N10O10S2. The molecule has 22 heteroatoms.